The molecule has 25 heavy (non-hydrogen) atoms. The fourth-order valence-corrected chi connectivity index (χ4v) is 2.37. The molecule has 1 atom stereocenters. The molecule has 1 radical (unpaired) electrons. The maximum absolute atomic E-state index is 11.7. The molecule has 0 spiro atoms. The standard InChI is InChI=1S/C19H19N2O3.Ir/c22-14-16(13-21-24)12-19(23)20-11-10-15-6-8-18(9-7-15)17-4-2-1-3-5-17;/h1-9,16H,10-13H2,(H,20,23);/q-1;. The average Bonchev–Trinajstić information content (AvgIpc) is 2.62. The Balaban J connectivity index is 0.00000312. The van der Waals surface area contributed by atoms with Gasteiger partial charge in [-0.3, -0.25) is 11.1 Å². The molecule has 1 N–H and O–H groups in total. The molecule has 1 amide bonds. The molecular formula is C19H19IrN2O3-. The number of nitrogens with one attached hydrogen (secondary N) is 1. The van der Waals surface area contributed by atoms with Crippen LogP contribution < -0.4 is 5.32 Å². The van der Waals surface area contributed by atoms with E-state index in [2.05, 4.69) is 34.8 Å². The second kappa shape index (κ2) is 11.4. The molecule has 0 aromatic heterocycles. The summed E-state index contributed by atoms with van der Waals surface area (Å²) < 4.78 is 0. The van der Waals surface area contributed by atoms with Gasteiger partial charge in [0.15, 0.2) is 0 Å². The van der Waals surface area contributed by atoms with Crippen LogP contribution in [-0.2, 0) is 36.1 Å². The molecule has 133 valence electrons. The molecule has 0 fully saturated rings. The summed E-state index contributed by atoms with van der Waals surface area (Å²) >= 11 is 0. The van der Waals surface area contributed by atoms with Gasteiger partial charge in [0, 0.05) is 33.1 Å². The van der Waals surface area contributed by atoms with Crippen LogP contribution in [-0.4, -0.2) is 25.3 Å². The number of hydrogen-bond donors (Lipinski definition) is 1. The Kier molecular flexibility index (Phi) is 9.51. The van der Waals surface area contributed by atoms with Crippen LogP contribution in [0.1, 0.15) is 12.0 Å². The average molecular weight is 516 g/mol. The molecule has 0 saturated carbocycles. The SMILES string of the molecule is O=[C-]C(CN=O)CC(=O)NCCc1ccc(-c2ccccc2)cc1.[Ir]. The zero-order valence-corrected chi connectivity index (χ0v) is 16.0. The minimum Gasteiger partial charge on any atom is -0.541 e. The topological polar surface area (TPSA) is 75.6 Å². The van der Waals surface area contributed by atoms with Crippen LogP contribution in [0.25, 0.3) is 11.1 Å². The van der Waals surface area contributed by atoms with Crippen LogP contribution in [0.2, 0.25) is 0 Å². The maximum atomic E-state index is 11.7. The van der Waals surface area contributed by atoms with Gasteiger partial charge in [-0.15, -0.1) is 5.92 Å². The van der Waals surface area contributed by atoms with Crippen molar-refractivity contribution in [3.63, 3.8) is 0 Å². The van der Waals surface area contributed by atoms with Gasteiger partial charge in [0.25, 0.3) is 0 Å². The normalized spacial score (nSPS) is 11.0. The van der Waals surface area contributed by atoms with E-state index >= 15 is 0 Å². The number of amides is 1. The van der Waals surface area contributed by atoms with E-state index in [0.717, 1.165) is 16.7 Å². The summed E-state index contributed by atoms with van der Waals surface area (Å²) in [7, 11) is 0. The first-order chi connectivity index (χ1) is 11.7. The van der Waals surface area contributed by atoms with E-state index in [1.54, 1.807) is 6.29 Å². The molecule has 1 unspecified atom stereocenters. The minimum atomic E-state index is -0.757. The second-order valence-corrected chi connectivity index (χ2v) is 5.49. The second-order valence-electron chi connectivity index (χ2n) is 5.49. The zero-order chi connectivity index (χ0) is 17.2. The Labute approximate surface area is 160 Å². The Morgan fingerprint density at radius 2 is 1.68 bits per heavy atom. The Bertz CT molecular complexity index is 675. The fourth-order valence-electron chi connectivity index (χ4n) is 2.37. The number of nitrogens with zero attached hydrogens (tertiary/aromatic N) is 1. The van der Waals surface area contributed by atoms with Crippen molar-refractivity contribution in [2.45, 2.75) is 12.8 Å². The number of hydrogen-bond acceptors (Lipinski definition) is 4. The summed E-state index contributed by atoms with van der Waals surface area (Å²) in [5.41, 5.74) is 3.43. The molecule has 2 rings (SSSR count). The summed E-state index contributed by atoms with van der Waals surface area (Å²) in [6.07, 6.45) is 2.30. The number of rotatable bonds is 9. The molecule has 0 saturated heterocycles. The van der Waals surface area contributed by atoms with Gasteiger partial charge in [0.1, 0.15) is 0 Å². The Morgan fingerprint density at radius 1 is 1.04 bits per heavy atom. The van der Waals surface area contributed by atoms with Crippen LogP contribution in [0.3, 0.4) is 0 Å². The van der Waals surface area contributed by atoms with E-state index in [-0.39, 0.29) is 39.0 Å². The maximum Gasteiger partial charge on any atom is 0.217 e. The number of nitroso groups, excluding NO2 is 1. The fraction of sp³-hybridized carbons (Fsp3) is 0.263. The minimum absolute atomic E-state index is 0. The van der Waals surface area contributed by atoms with E-state index < -0.39 is 5.92 Å². The molecule has 2 aromatic carbocycles. The molecule has 0 aliphatic carbocycles. The van der Waals surface area contributed by atoms with Gasteiger partial charge >= 0.3 is 0 Å². The molecule has 0 aliphatic heterocycles. The van der Waals surface area contributed by atoms with E-state index in [1.165, 1.54) is 0 Å². The van der Waals surface area contributed by atoms with E-state index in [1.807, 2.05) is 30.3 Å². The van der Waals surface area contributed by atoms with Crippen LogP contribution >= 0.6 is 0 Å². The predicted molar refractivity (Wildman–Crippen MR) is 93.1 cm³/mol. The zero-order valence-electron chi connectivity index (χ0n) is 13.6. The molecule has 5 nitrogen and oxygen atoms in total. The van der Waals surface area contributed by atoms with Gasteiger partial charge < -0.3 is 10.1 Å². The van der Waals surface area contributed by atoms with Crippen molar-refractivity contribution < 1.29 is 29.7 Å². The quantitative estimate of drug-likeness (QED) is 0.412. The van der Waals surface area contributed by atoms with Crippen LogP contribution in [0.5, 0.6) is 0 Å². The number of carbonyl (C=O) groups excluding carboxylic acids is 2. The molecule has 0 heterocycles. The molecular weight excluding hydrogens is 496 g/mol. The molecule has 6 heteroatoms. The Hall–Kier alpha value is -2.17. The molecule has 2 aromatic rings. The third-order valence-corrected chi connectivity index (χ3v) is 3.69. The van der Waals surface area contributed by atoms with Crippen molar-refractivity contribution in [3.05, 3.63) is 65.1 Å². The van der Waals surface area contributed by atoms with Crippen molar-refractivity contribution in [1.82, 2.24) is 5.32 Å². The Morgan fingerprint density at radius 3 is 2.28 bits per heavy atom. The van der Waals surface area contributed by atoms with Crippen molar-refractivity contribution in [2.24, 2.45) is 11.1 Å². The van der Waals surface area contributed by atoms with E-state index in [4.69, 9.17) is 0 Å². The largest absolute Gasteiger partial charge is 0.541 e. The predicted octanol–water partition coefficient (Wildman–Crippen LogP) is 2.89. The van der Waals surface area contributed by atoms with Gasteiger partial charge in [-0.1, -0.05) is 59.8 Å². The van der Waals surface area contributed by atoms with Crippen LogP contribution in [0.15, 0.2) is 59.8 Å². The van der Waals surface area contributed by atoms with Gasteiger partial charge in [-0.05, 0) is 23.1 Å². The van der Waals surface area contributed by atoms with Crippen molar-refractivity contribution >= 4 is 12.2 Å². The summed E-state index contributed by atoms with van der Waals surface area (Å²) in [6, 6.07) is 18.3. The molecule has 0 bridgehead atoms. The van der Waals surface area contributed by atoms with Gasteiger partial charge in [0.05, 0.1) is 6.54 Å². The first kappa shape index (κ1) is 20.9. The van der Waals surface area contributed by atoms with E-state index in [9.17, 15) is 14.5 Å². The van der Waals surface area contributed by atoms with Crippen molar-refractivity contribution in [3.8, 4) is 11.1 Å². The number of carbonyl (C=O) groups is 1. The van der Waals surface area contributed by atoms with Crippen molar-refractivity contribution in [2.75, 3.05) is 13.1 Å². The first-order valence-electron chi connectivity index (χ1n) is 7.80. The summed E-state index contributed by atoms with van der Waals surface area (Å²) in [5.74, 6) is -1.03. The van der Waals surface area contributed by atoms with Crippen LogP contribution in [0, 0.1) is 10.8 Å². The molecule has 0 aliphatic rings. The van der Waals surface area contributed by atoms with E-state index in [0.29, 0.717) is 13.0 Å². The summed E-state index contributed by atoms with van der Waals surface area (Å²) in [6.45, 7) is 0.265. The monoisotopic (exact) mass is 516 g/mol. The number of benzene rings is 2. The summed E-state index contributed by atoms with van der Waals surface area (Å²) in [4.78, 5) is 32.4. The van der Waals surface area contributed by atoms with Gasteiger partial charge in [-0.2, -0.15) is 4.91 Å². The first-order valence-corrected chi connectivity index (χ1v) is 7.80. The van der Waals surface area contributed by atoms with Gasteiger partial charge in [0.2, 0.25) is 5.91 Å². The smallest absolute Gasteiger partial charge is 0.217 e. The van der Waals surface area contributed by atoms with Crippen LogP contribution in [0.4, 0.5) is 0 Å². The third kappa shape index (κ3) is 7.08. The summed E-state index contributed by atoms with van der Waals surface area (Å²) in [5, 5.41) is 5.37. The van der Waals surface area contributed by atoms with Gasteiger partial charge in [-0.25, -0.2) is 0 Å². The van der Waals surface area contributed by atoms with Crippen molar-refractivity contribution in [1.29, 1.82) is 0 Å². The third-order valence-electron chi connectivity index (χ3n) is 3.69.